The summed E-state index contributed by atoms with van der Waals surface area (Å²) in [7, 11) is 0. The van der Waals surface area contributed by atoms with Gasteiger partial charge in [0.15, 0.2) is 0 Å². The number of aldehydes is 1. The Bertz CT molecular complexity index is 294. The van der Waals surface area contributed by atoms with Crippen molar-refractivity contribution in [2.24, 2.45) is 5.92 Å². The molecule has 2 unspecified atom stereocenters. The van der Waals surface area contributed by atoms with E-state index in [4.69, 9.17) is 5.11 Å². The number of nitrogens with one attached hydrogen (secondary N) is 2. The molecule has 0 aromatic carbocycles. The SMILES string of the molecule is CCN(CCNC1C=CC(C=O)CN1)C(=O)O. The van der Waals surface area contributed by atoms with E-state index < -0.39 is 6.09 Å². The predicted octanol–water partition coefficient (Wildman–Crippen LogP) is -0.123. The van der Waals surface area contributed by atoms with Crippen molar-refractivity contribution in [1.82, 2.24) is 15.5 Å². The average Bonchev–Trinajstić information content (AvgIpc) is 2.35. The zero-order chi connectivity index (χ0) is 12.7. The van der Waals surface area contributed by atoms with Crippen LogP contribution in [0.2, 0.25) is 0 Å². The fraction of sp³-hybridized carbons (Fsp3) is 0.636. The van der Waals surface area contributed by atoms with E-state index in [1.54, 1.807) is 0 Å². The Balaban J connectivity index is 2.23. The molecule has 0 aromatic heterocycles. The molecular weight excluding hydrogens is 222 g/mol. The molecule has 96 valence electrons. The molecule has 0 spiro atoms. The fourth-order valence-electron chi connectivity index (χ4n) is 1.63. The number of amides is 1. The van der Waals surface area contributed by atoms with Gasteiger partial charge in [-0.3, -0.25) is 10.6 Å². The highest BCUT2D eigenvalue weighted by Gasteiger charge is 2.14. The first-order chi connectivity index (χ1) is 8.17. The van der Waals surface area contributed by atoms with Crippen molar-refractivity contribution in [2.45, 2.75) is 13.1 Å². The molecule has 0 bridgehead atoms. The highest BCUT2D eigenvalue weighted by atomic mass is 16.4. The van der Waals surface area contributed by atoms with Gasteiger partial charge in [0.1, 0.15) is 6.29 Å². The van der Waals surface area contributed by atoms with Crippen LogP contribution < -0.4 is 10.6 Å². The third-order valence-corrected chi connectivity index (χ3v) is 2.70. The maximum Gasteiger partial charge on any atom is 0.407 e. The lowest BCUT2D eigenvalue weighted by Crippen LogP contribution is -2.48. The van der Waals surface area contributed by atoms with E-state index in [9.17, 15) is 9.59 Å². The maximum absolute atomic E-state index is 10.7. The summed E-state index contributed by atoms with van der Waals surface area (Å²) in [6.45, 7) is 3.94. The van der Waals surface area contributed by atoms with Gasteiger partial charge in [0.05, 0.1) is 6.17 Å². The van der Waals surface area contributed by atoms with E-state index in [0.29, 0.717) is 26.2 Å². The average molecular weight is 241 g/mol. The second kappa shape index (κ2) is 7.03. The quantitative estimate of drug-likeness (QED) is 0.446. The molecule has 0 aromatic rings. The molecule has 1 rings (SSSR count). The van der Waals surface area contributed by atoms with Crippen LogP contribution >= 0.6 is 0 Å². The smallest absolute Gasteiger partial charge is 0.407 e. The predicted molar refractivity (Wildman–Crippen MR) is 63.8 cm³/mol. The summed E-state index contributed by atoms with van der Waals surface area (Å²) in [5, 5.41) is 15.1. The standard InChI is InChI=1S/C11H19N3O3/c1-2-14(11(16)17)6-5-12-10-4-3-9(8-15)7-13-10/h3-4,8-10,12-13H,2,5-7H2,1H3,(H,16,17). The molecule has 0 saturated heterocycles. The Hall–Kier alpha value is -1.40. The molecule has 1 aliphatic heterocycles. The van der Waals surface area contributed by atoms with E-state index in [0.717, 1.165) is 6.29 Å². The number of carboxylic acid groups (broad SMARTS) is 1. The second-order valence-corrected chi connectivity index (χ2v) is 3.89. The summed E-state index contributed by atoms with van der Waals surface area (Å²) in [6, 6.07) is 0. The molecule has 0 aliphatic carbocycles. The first kappa shape index (κ1) is 13.7. The van der Waals surface area contributed by atoms with Crippen LogP contribution in [0.4, 0.5) is 4.79 Å². The molecule has 3 N–H and O–H groups in total. The van der Waals surface area contributed by atoms with E-state index in [1.165, 1.54) is 4.90 Å². The Morgan fingerprint density at radius 2 is 2.41 bits per heavy atom. The van der Waals surface area contributed by atoms with Gasteiger partial charge in [0.2, 0.25) is 0 Å². The van der Waals surface area contributed by atoms with E-state index in [2.05, 4.69) is 10.6 Å². The Morgan fingerprint density at radius 1 is 1.65 bits per heavy atom. The van der Waals surface area contributed by atoms with Crippen molar-refractivity contribution < 1.29 is 14.7 Å². The fourth-order valence-corrected chi connectivity index (χ4v) is 1.63. The van der Waals surface area contributed by atoms with E-state index >= 15 is 0 Å². The van der Waals surface area contributed by atoms with Gasteiger partial charge in [0, 0.05) is 32.1 Å². The molecule has 17 heavy (non-hydrogen) atoms. The monoisotopic (exact) mass is 241 g/mol. The largest absolute Gasteiger partial charge is 0.465 e. The molecule has 1 heterocycles. The molecule has 0 saturated carbocycles. The van der Waals surface area contributed by atoms with Gasteiger partial charge < -0.3 is 14.8 Å². The van der Waals surface area contributed by atoms with Crippen molar-refractivity contribution in [2.75, 3.05) is 26.2 Å². The van der Waals surface area contributed by atoms with Crippen molar-refractivity contribution in [3.8, 4) is 0 Å². The van der Waals surface area contributed by atoms with Gasteiger partial charge in [-0.05, 0) is 6.92 Å². The number of hydrogen-bond acceptors (Lipinski definition) is 4. The number of carbonyl (C=O) groups is 2. The van der Waals surface area contributed by atoms with Gasteiger partial charge >= 0.3 is 6.09 Å². The number of likely N-dealkylation sites (N-methyl/N-ethyl adjacent to an activating group) is 1. The summed E-state index contributed by atoms with van der Waals surface area (Å²) in [5.74, 6) is -0.0563. The third-order valence-electron chi connectivity index (χ3n) is 2.70. The minimum Gasteiger partial charge on any atom is -0.465 e. The number of nitrogens with zero attached hydrogens (tertiary/aromatic N) is 1. The lowest BCUT2D eigenvalue weighted by molar-refractivity contribution is -0.109. The Morgan fingerprint density at radius 3 is 2.88 bits per heavy atom. The molecule has 2 atom stereocenters. The summed E-state index contributed by atoms with van der Waals surface area (Å²) in [5.41, 5.74) is 0. The van der Waals surface area contributed by atoms with Crippen LogP contribution in [0.1, 0.15) is 6.92 Å². The van der Waals surface area contributed by atoms with Gasteiger partial charge in [-0.2, -0.15) is 0 Å². The highest BCUT2D eigenvalue weighted by molar-refractivity contribution is 5.64. The van der Waals surface area contributed by atoms with Gasteiger partial charge in [-0.15, -0.1) is 0 Å². The van der Waals surface area contributed by atoms with Crippen molar-refractivity contribution in [3.05, 3.63) is 12.2 Å². The maximum atomic E-state index is 10.7. The first-order valence-corrected chi connectivity index (χ1v) is 5.75. The summed E-state index contributed by atoms with van der Waals surface area (Å²) >= 11 is 0. The third kappa shape index (κ3) is 4.54. The van der Waals surface area contributed by atoms with Crippen molar-refractivity contribution >= 4 is 12.4 Å². The molecule has 1 amide bonds. The lowest BCUT2D eigenvalue weighted by Gasteiger charge is -2.24. The minimum atomic E-state index is -0.900. The summed E-state index contributed by atoms with van der Waals surface area (Å²) < 4.78 is 0. The number of carbonyl (C=O) groups excluding carboxylic acids is 1. The van der Waals surface area contributed by atoms with Crippen LogP contribution in [0.5, 0.6) is 0 Å². The normalized spacial score (nSPS) is 23.4. The van der Waals surface area contributed by atoms with E-state index in [1.807, 2.05) is 19.1 Å². The molecule has 0 radical (unpaired) electrons. The zero-order valence-electron chi connectivity index (χ0n) is 9.93. The lowest BCUT2D eigenvalue weighted by atomic mass is 10.1. The molecule has 6 heteroatoms. The van der Waals surface area contributed by atoms with Crippen molar-refractivity contribution in [1.29, 1.82) is 0 Å². The first-order valence-electron chi connectivity index (χ1n) is 5.75. The topological polar surface area (TPSA) is 81.7 Å². The van der Waals surface area contributed by atoms with Crippen LogP contribution in [0.15, 0.2) is 12.2 Å². The van der Waals surface area contributed by atoms with Crippen LogP contribution in [-0.4, -0.2) is 54.7 Å². The van der Waals surface area contributed by atoms with Crippen molar-refractivity contribution in [3.63, 3.8) is 0 Å². The Labute approximate surface area is 101 Å². The summed E-state index contributed by atoms with van der Waals surface area (Å²) in [4.78, 5) is 22.6. The van der Waals surface area contributed by atoms with E-state index in [-0.39, 0.29) is 12.1 Å². The number of hydrogen-bond donors (Lipinski definition) is 3. The highest BCUT2D eigenvalue weighted by Crippen LogP contribution is 2.00. The van der Waals surface area contributed by atoms with Gasteiger partial charge in [0.25, 0.3) is 0 Å². The molecular formula is C11H19N3O3. The number of rotatable bonds is 6. The Kier molecular flexibility index (Phi) is 5.65. The van der Waals surface area contributed by atoms with Crippen LogP contribution in [0.25, 0.3) is 0 Å². The zero-order valence-corrected chi connectivity index (χ0v) is 9.93. The molecule has 6 nitrogen and oxygen atoms in total. The van der Waals surface area contributed by atoms with Crippen LogP contribution in [0.3, 0.4) is 0 Å². The molecule has 0 fully saturated rings. The molecule has 1 aliphatic rings. The van der Waals surface area contributed by atoms with Gasteiger partial charge in [-0.25, -0.2) is 4.79 Å². The second-order valence-electron chi connectivity index (χ2n) is 3.89. The van der Waals surface area contributed by atoms with Crippen LogP contribution in [-0.2, 0) is 4.79 Å². The minimum absolute atomic E-state index is 0.0127. The van der Waals surface area contributed by atoms with Crippen LogP contribution in [0, 0.1) is 5.92 Å². The van der Waals surface area contributed by atoms with Gasteiger partial charge in [-0.1, -0.05) is 12.2 Å². The summed E-state index contributed by atoms with van der Waals surface area (Å²) in [6.07, 6.45) is 3.76.